The van der Waals surface area contributed by atoms with E-state index in [-0.39, 0.29) is 0 Å². The molecule has 8 aromatic carbocycles. The fourth-order valence-electron chi connectivity index (χ4n) is 9.42. The lowest BCUT2D eigenvalue weighted by Gasteiger charge is -2.17. The number of hydrogen-bond acceptors (Lipinski definition) is 2. The van der Waals surface area contributed by atoms with Crippen molar-refractivity contribution in [3.05, 3.63) is 173 Å². The number of nitrogens with zero attached hydrogens (tertiary/aromatic N) is 1. The van der Waals surface area contributed by atoms with Gasteiger partial charge in [0.25, 0.3) is 0 Å². The number of pyridine rings is 1. The molecule has 0 N–H and O–H groups in total. The fourth-order valence-corrected chi connectivity index (χ4v) is 10.7. The van der Waals surface area contributed by atoms with Crippen LogP contribution in [0.15, 0.2) is 140 Å². The van der Waals surface area contributed by atoms with E-state index in [0.29, 0.717) is 0 Å². The quantitative estimate of drug-likeness (QED) is 0.165. The first-order valence-corrected chi connectivity index (χ1v) is 20.0. The molecule has 0 aliphatic heterocycles. The molecule has 0 fully saturated rings. The lowest BCUT2D eigenvalue weighted by atomic mass is 9.88. The molecule has 2 heterocycles. The average molecular weight is 724 g/mol. The van der Waals surface area contributed by atoms with Gasteiger partial charge in [0.1, 0.15) is 0 Å². The molecule has 0 atom stereocenters. The molecule has 2 aromatic heterocycles. The fraction of sp³-hybridized carbons (Fsp3) is 0.113. The Morgan fingerprint density at radius 2 is 0.945 bits per heavy atom. The first-order valence-electron chi connectivity index (χ1n) is 19.2. The molecule has 264 valence electrons. The van der Waals surface area contributed by atoms with Crippen molar-refractivity contribution in [2.24, 2.45) is 0 Å². The molecule has 0 saturated carbocycles. The Bertz CT molecular complexity index is 3170. The summed E-state index contributed by atoms with van der Waals surface area (Å²) in [4.78, 5) is 5.60. The van der Waals surface area contributed by atoms with E-state index < -0.39 is 0 Å². The Balaban J connectivity index is 1.21. The maximum absolute atomic E-state index is 5.60. The van der Waals surface area contributed by atoms with E-state index in [9.17, 15) is 0 Å². The Kier molecular flexibility index (Phi) is 7.76. The van der Waals surface area contributed by atoms with Gasteiger partial charge in [-0.3, -0.25) is 0 Å². The second kappa shape index (κ2) is 12.8. The predicted molar refractivity (Wildman–Crippen MR) is 240 cm³/mol. The van der Waals surface area contributed by atoms with Crippen LogP contribution in [0.1, 0.15) is 33.4 Å². The van der Waals surface area contributed by atoms with Gasteiger partial charge in [0.2, 0.25) is 0 Å². The predicted octanol–water partition coefficient (Wildman–Crippen LogP) is 15.4. The highest BCUT2D eigenvalue weighted by Gasteiger charge is 2.17. The van der Waals surface area contributed by atoms with Gasteiger partial charge < -0.3 is 0 Å². The van der Waals surface area contributed by atoms with E-state index in [4.69, 9.17) is 4.98 Å². The summed E-state index contributed by atoms with van der Waals surface area (Å²) in [6, 6.07) is 52.2. The van der Waals surface area contributed by atoms with Crippen molar-refractivity contribution < 1.29 is 0 Å². The molecule has 1 nitrogen and oxygen atoms in total. The van der Waals surface area contributed by atoms with Crippen LogP contribution in [0.2, 0.25) is 0 Å². The second-order valence-corrected chi connectivity index (χ2v) is 16.6. The van der Waals surface area contributed by atoms with Gasteiger partial charge >= 0.3 is 0 Å². The molecular weight excluding hydrogens is 683 g/mol. The van der Waals surface area contributed by atoms with Crippen LogP contribution in [0, 0.1) is 41.5 Å². The monoisotopic (exact) mass is 723 g/mol. The number of aryl methyl sites for hydroxylation is 6. The van der Waals surface area contributed by atoms with Gasteiger partial charge in [-0.1, -0.05) is 114 Å². The Morgan fingerprint density at radius 1 is 0.382 bits per heavy atom. The zero-order valence-electron chi connectivity index (χ0n) is 32.1. The van der Waals surface area contributed by atoms with E-state index >= 15 is 0 Å². The zero-order valence-corrected chi connectivity index (χ0v) is 33.0. The van der Waals surface area contributed by atoms with Gasteiger partial charge in [0.15, 0.2) is 0 Å². The molecule has 0 aliphatic carbocycles. The normalized spacial score (nSPS) is 11.8. The van der Waals surface area contributed by atoms with E-state index in [2.05, 4.69) is 181 Å². The summed E-state index contributed by atoms with van der Waals surface area (Å²) in [6.07, 6.45) is 0. The second-order valence-electron chi connectivity index (χ2n) is 15.5. The number of benzene rings is 8. The van der Waals surface area contributed by atoms with Crippen LogP contribution in [-0.2, 0) is 0 Å². The summed E-state index contributed by atoms with van der Waals surface area (Å²) in [5.74, 6) is 0. The number of thiophene rings is 1. The third-order valence-electron chi connectivity index (χ3n) is 11.6. The average Bonchev–Trinajstić information content (AvgIpc) is 3.56. The van der Waals surface area contributed by atoms with Crippen molar-refractivity contribution in [2.75, 3.05) is 0 Å². The summed E-state index contributed by atoms with van der Waals surface area (Å²) >= 11 is 1.88. The molecule has 55 heavy (non-hydrogen) atoms. The maximum atomic E-state index is 5.60. The minimum absolute atomic E-state index is 0.980. The van der Waals surface area contributed by atoms with Crippen molar-refractivity contribution in [1.29, 1.82) is 0 Å². The third kappa shape index (κ3) is 5.47. The molecule has 0 amide bonds. The zero-order chi connectivity index (χ0) is 37.5. The van der Waals surface area contributed by atoms with Crippen LogP contribution in [0.3, 0.4) is 0 Å². The summed E-state index contributed by atoms with van der Waals surface area (Å²) in [6.45, 7) is 13.3. The van der Waals surface area contributed by atoms with E-state index in [1.54, 1.807) is 0 Å². The van der Waals surface area contributed by atoms with Gasteiger partial charge in [0.05, 0.1) is 11.2 Å². The largest absolute Gasteiger partial charge is 0.247 e. The van der Waals surface area contributed by atoms with Crippen LogP contribution < -0.4 is 0 Å². The topological polar surface area (TPSA) is 12.9 Å². The highest BCUT2D eigenvalue weighted by molar-refractivity contribution is 7.26. The minimum atomic E-state index is 0.980. The van der Waals surface area contributed by atoms with Crippen molar-refractivity contribution in [3.63, 3.8) is 0 Å². The minimum Gasteiger partial charge on any atom is -0.247 e. The molecule has 0 spiro atoms. The van der Waals surface area contributed by atoms with Crippen molar-refractivity contribution in [2.45, 2.75) is 41.5 Å². The molecule has 0 radical (unpaired) electrons. The highest BCUT2D eigenvalue weighted by Crippen LogP contribution is 2.43. The Hall–Kier alpha value is -6.09. The van der Waals surface area contributed by atoms with Crippen LogP contribution in [0.25, 0.3) is 97.3 Å². The summed E-state index contributed by atoms with van der Waals surface area (Å²) in [5, 5.41) is 8.72. The van der Waals surface area contributed by atoms with Crippen LogP contribution in [0.4, 0.5) is 0 Å². The molecule has 0 unspecified atom stereocenters. The SMILES string of the molecule is Cc1cc(C)c(-c2ccc3c(c2)c2ccc(-c4cccc(-c5cccc6c5sc5ccccc56)c4)nc2c2cc(-c4c(C)cc(C)cc4C)ccc32)c(C)c1. The number of rotatable bonds is 4. The maximum Gasteiger partial charge on any atom is 0.0794 e. The van der Waals surface area contributed by atoms with E-state index in [0.717, 1.165) is 16.8 Å². The summed E-state index contributed by atoms with van der Waals surface area (Å²) < 4.78 is 2.65. The lowest BCUT2D eigenvalue weighted by Crippen LogP contribution is -1.94. The van der Waals surface area contributed by atoms with Crippen molar-refractivity contribution in [1.82, 2.24) is 4.98 Å². The smallest absolute Gasteiger partial charge is 0.0794 e. The molecule has 0 saturated heterocycles. The van der Waals surface area contributed by atoms with Gasteiger partial charge in [-0.2, -0.15) is 0 Å². The molecule has 0 bridgehead atoms. The van der Waals surface area contributed by atoms with Gasteiger partial charge in [-0.25, -0.2) is 4.98 Å². The molecule has 0 aliphatic rings. The molecular formula is C53H41NS. The van der Waals surface area contributed by atoms with Crippen molar-refractivity contribution >= 4 is 64.0 Å². The third-order valence-corrected chi connectivity index (χ3v) is 12.8. The van der Waals surface area contributed by atoms with E-state index in [1.807, 2.05) is 11.3 Å². The number of aromatic nitrogens is 1. The summed E-state index contributed by atoms with van der Waals surface area (Å²) in [5.41, 5.74) is 18.5. The van der Waals surface area contributed by atoms with E-state index in [1.165, 1.54) is 114 Å². The molecule has 10 aromatic rings. The molecule has 2 heteroatoms. The van der Waals surface area contributed by atoms with Gasteiger partial charge in [0, 0.05) is 36.5 Å². The summed E-state index contributed by atoms with van der Waals surface area (Å²) in [7, 11) is 0. The Morgan fingerprint density at radius 3 is 1.64 bits per heavy atom. The Labute approximate surface area is 326 Å². The highest BCUT2D eigenvalue weighted by atomic mass is 32.1. The number of hydrogen-bond donors (Lipinski definition) is 0. The van der Waals surface area contributed by atoms with Gasteiger partial charge in [-0.15, -0.1) is 11.3 Å². The van der Waals surface area contributed by atoms with Gasteiger partial charge in [-0.05, 0) is 150 Å². The number of fused-ring (bicyclic) bond motifs is 9. The van der Waals surface area contributed by atoms with Crippen LogP contribution in [0.5, 0.6) is 0 Å². The van der Waals surface area contributed by atoms with Crippen LogP contribution in [-0.4, -0.2) is 4.98 Å². The first-order chi connectivity index (χ1) is 26.7. The lowest BCUT2D eigenvalue weighted by molar-refractivity contribution is 1.32. The van der Waals surface area contributed by atoms with Crippen molar-refractivity contribution in [3.8, 4) is 44.6 Å². The van der Waals surface area contributed by atoms with Crippen LogP contribution >= 0.6 is 11.3 Å². The standard InChI is InChI=1S/C53H41NS/c1-30-23-32(3)50(33(4)24-30)38-17-19-41-42-20-18-39(51-34(5)25-31(2)26-35(51)6)29-47(42)52-44(46(41)28-38)21-22-48(54-52)37-12-9-11-36(27-37)40-14-10-15-45-43-13-7-8-16-49(43)55-53(40)45/h7-29H,1-6H3. The first kappa shape index (κ1) is 33.5. The molecule has 10 rings (SSSR count).